The van der Waals surface area contributed by atoms with Gasteiger partial charge in [0.2, 0.25) is 11.8 Å². The molecule has 0 aliphatic carbocycles. The Morgan fingerprint density at radius 2 is 0.781 bits per heavy atom. The molecule has 49 heteroatoms. The van der Waals surface area contributed by atoms with Crippen molar-refractivity contribution in [3.8, 4) is 0 Å². The number of carbonyl (C=O) groups excluding carboxylic acids is 2. The molecule has 7 saturated heterocycles. The van der Waals surface area contributed by atoms with Crippen LogP contribution in [0.4, 0.5) is 0 Å². The van der Waals surface area contributed by atoms with E-state index in [1.54, 1.807) is 6.08 Å². The number of rotatable bonds is 62. The number of carboxylic acids is 3. The SMILES string of the molecule is CCCCCCCCCCCCC/C=C/C(O)C(CNC(=O)CCCCCCCCCCCCCCCCC)OC1OC(CO)C(OC2OC(CO)C(OC3OC(CO)C(O)C(OC4OC(CO)C(O)C(OC5(C(=O)O)CC(O)C(N)C(C(O)C(O)OC6(C(=O)O)CC(O)C(N)C(C(O)C(O)CO)O6)O5)C4O)C3NC(C)=O)C(OC3(C(=O)O)CC(O)C(N)C(C(O)C(O)CO)O3)C2O)C(O)C1O. The van der Waals surface area contributed by atoms with Gasteiger partial charge in [-0.3, -0.25) is 9.59 Å². The maximum atomic E-state index is 14.0. The first-order chi connectivity index (χ1) is 65.1. The van der Waals surface area contributed by atoms with Crippen LogP contribution in [-0.2, 0) is 90.3 Å². The Bertz CT molecular complexity index is 3510. The molecule has 7 fully saturated rings. The zero-order valence-electron chi connectivity index (χ0n) is 78.1. The Morgan fingerprint density at radius 3 is 1.22 bits per heavy atom. The van der Waals surface area contributed by atoms with Crippen molar-refractivity contribution in [1.29, 1.82) is 0 Å². The first-order valence-electron chi connectivity index (χ1n) is 48.2. The molecular weight excluding hydrogens is 1830 g/mol. The number of nitrogens with two attached hydrogens (primary N) is 3. The highest BCUT2D eigenvalue weighted by Gasteiger charge is 2.65. The molecule has 33 N–H and O–H groups in total. The lowest BCUT2D eigenvalue weighted by molar-refractivity contribution is -0.405. The molecule has 2 amide bonds. The summed E-state index contributed by atoms with van der Waals surface area (Å²) in [4.78, 5) is 67.6. The standard InChI is InChI=1S/C88H157N5O44/c1-4-6-8-10-12-14-16-18-19-21-23-25-27-29-31-33-56(107)92-37-51(45(101)32-30-28-26-24-22-20-17-15-13-11-9-7-5-2)124-80-66(113)65(112)70(54(42-98)127-80)129-82-69(116)77(136-87(84(120)121)35-46(102)57(89)72(132-87)61(108)49(105)38-94)71(55(43-99)128-82)130-79-60(93-44(3)100)75(63(110)52(40-96)125-79)131-81-68(115)76(64(111)53(41-97)126-81)135-86(83(118)119)34-47(103)59(91)74(134-86)67(114)78(117)137-88(85(122)123)36-48(104)58(90)73(133-88)62(109)50(106)39-95/h30,32,45-55,57-82,94-99,101-106,108-117H,4-29,31,33-43,89-91H2,1-3H3,(H,92,107)(H,93,100)(H,118,119)(H,120,121)(H,122,123)/b32-30+. The van der Waals surface area contributed by atoms with Crippen molar-refractivity contribution in [2.24, 2.45) is 17.2 Å². The summed E-state index contributed by atoms with van der Waals surface area (Å²) in [5.41, 5.74) is 18.3. The smallest absolute Gasteiger partial charge is 0.364 e. The predicted octanol–water partition coefficient (Wildman–Crippen LogP) is -7.27. The molecule has 798 valence electrons. The first kappa shape index (κ1) is 119. The van der Waals surface area contributed by atoms with Crippen LogP contribution in [0.25, 0.3) is 0 Å². The quantitative estimate of drug-likeness (QED) is 0.0153. The number of aliphatic carboxylic acids is 3. The molecule has 137 heavy (non-hydrogen) atoms. The van der Waals surface area contributed by atoms with Crippen LogP contribution in [0.5, 0.6) is 0 Å². The second-order valence-corrected chi connectivity index (χ2v) is 36.9. The summed E-state index contributed by atoms with van der Waals surface area (Å²) in [6.07, 6.45) is -46.9. The van der Waals surface area contributed by atoms with Gasteiger partial charge in [0, 0.05) is 39.2 Å². The summed E-state index contributed by atoms with van der Waals surface area (Å²) in [7, 11) is 0. The van der Waals surface area contributed by atoms with Crippen molar-refractivity contribution in [2.75, 3.05) is 46.2 Å². The summed E-state index contributed by atoms with van der Waals surface area (Å²) >= 11 is 0. The van der Waals surface area contributed by atoms with Gasteiger partial charge in [-0.15, -0.1) is 0 Å². The number of allylic oxidation sites excluding steroid dienone is 1. The number of carboxylic acid groups (broad SMARTS) is 3. The first-order valence-corrected chi connectivity index (χ1v) is 48.2. The molecule has 40 unspecified atom stereocenters. The largest absolute Gasteiger partial charge is 0.477 e. The van der Waals surface area contributed by atoms with E-state index in [9.17, 15) is 152 Å². The number of hydrogen-bond acceptors (Lipinski definition) is 44. The van der Waals surface area contributed by atoms with E-state index in [2.05, 4.69) is 24.5 Å². The third kappa shape index (κ3) is 32.8. The zero-order valence-corrected chi connectivity index (χ0v) is 78.1. The number of aliphatic hydroxyl groups excluding tert-OH is 22. The van der Waals surface area contributed by atoms with Crippen LogP contribution in [0, 0.1) is 0 Å². The van der Waals surface area contributed by atoms with Gasteiger partial charge in [-0.2, -0.15) is 0 Å². The fourth-order valence-electron chi connectivity index (χ4n) is 18.1. The molecule has 0 aromatic heterocycles. The van der Waals surface area contributed by atoms with Gasteiger partial charge in [-0.1, -0.05) is 180 Å². The van der Waals surface area contributed by atoms with Crippen LogP contribution in [0.2, 0.25) is 0 Å². The molecule has 7 aliphatic rings. The van der Waals surface area contributed by atoms with Crippen LogP contribution in [0.15, 0.2) is 12.2 Å². The van der Waals surface area contributed by atoms with Crippen molar-refractivity contribution >= 4 is 29.7 Å². The summed E-state index contributed by atoms with van der Waals surface area (Å²) in [6, 6.07) is -7.81. The van der Waals surface area contributed by atoms with Gasteiger partial charge < -0.3 is 222 Å². The lowest BCUT2D eigenvalue weighted by Crippen LogP contribution is -2.72. The normalized spacial score (nSPS) is 37.4. The van der Waals surface area contributed by atoms with Gasteiger partial charge in [0.15, 0.2) is 31.5 Å². The monoisotopic (exact) mass is 1990 g/mol. The predicted molar refractivity (Wildman–Crippen MR) is 467 cm³/mol. The second kappa shape index (κ2) is 58.6. The third-order valence-corrected chi connectivity index (χ3v) is 26.3. The maximum absolute atomic E-state index is 14.0. The molecule has 0 radical (unpaired) electrons. The second-order valence-electron chi connectivity index (χ2n) is 36.9. The topological polar surface area (TPSA) is 822 Å². The van der Waals surface area contributed by atoms with E-state index in [0.29, 0.717) is 12.8 Å². The number of nitrogens with one attached hydrogen (secondary N) is 2. The minimum atomic E-state index is -3.54. The summed E-state index contributed by atoms with van der Waals surface area (Å²) in [6.45, 7) is -2.71. The Kier molecular flexibility index (Phi) is 51.1. The van der Waals surface area contributed by atoms with Gasteiger partial charge in [0.1, 0.15) is 159 Å². The number of amides is 2. The Hall–Kier alpha value is -4.47. The van der Waals surface area contributed by atoms with Crippen molar-refractivity contribution < 1.29 is 218 Å². The fraction of sp³-hybridized carbons (Fsp3) is 0.920. The van der Waals surface area contributed by atoms with E-state index in [0.717, 1.165) is 77.6 Å². The van der Waals surface area contributed by atoms with Crippen LogP contribution in [0.1, 0.15) is 220 Å². The van der Waals surface area contributed by atoms with E-state index in [4.69, 9.17) is 83.5 Å². The molecule has 0 aromatic carbocycles. The number of carbonyl (C=O) groups is 5. The van der Waals surface area contributed by atoms with Crippen LogP contribution < -0.4 is 27.8 Å². The number of aliphatic hydroxyl groups is 22. The van der Waals surface area contributed by atoms with Gasteiger partial charge in [0.25, 0.3) is 17.4 Å². The molecule has 7 aliphatic heterocycles. The van der Waals surface area contributed by atoms with E-state index in [1.807, 2.05) is 0 Å². The van der Waals surface area contributed by atoms with E-state index >= 15 is 0 Å². The van der Waals surface area contributed by atoms with Crippen LogP contribution in [0.3, 0.4) is 0 Å². The molecule has 0 saturated carbocycles. The van der Waals surface area contributed by atoms with Crippen molar-refractivity contribution in [3.05, 3.63) is 12.2 Å². The highest BCUT2D eigenvalue weighted by Crippen LogP contribution is 2.44. The molecule has 40 atom stereocenters. The number of hydrogen-bond donors (Lipinski definition) is 30. The molecule has 0 spiro atoms. The minimum absolute atomic E-state index is 0.118. The highest BCUT2D eigenvalue weighted by atomic mass is 16.8. The van der Waals surface area contributed by atoms with Gasteiger partial charge in [0.05, 0.1) is 76.1 Å². The Morgan fingerprint density at radius 1 is 0.416 bits per heavy atom. The average Bonchev–Trinajstić information content (AvgIpc) is 0.748. The summed E-state index contributed by atoms with van der Waals surface area (Å²) in [5, 5.41) is 286. The van der Waals surface area contributed by atoms with Crippen molar-refractivity contribution in [2.45, 2.75) is 464 Å². The maximum Gasteiger partial charge on any atom is 0.364 e. The Balaban J connectivity index is 1.16. The number of unbranched alkanes of at least 4 members (excludes halogenated alkanes) is 25. The molecule has 7 heterocycles. The molecule has 0 aromatic rings. The lowest BCUT2D eigenvalue weighted by Gasteiger charge is -2.53. The average molecular weight is 1990 g/mol. The third-order valence-electron chi connectivity index (χ3n) is 26.3. The number of ether oxygens (including phenoxy) is 14. The molecule has 0 bridgehead atoms. The van der Waals surface area contributed by atoms with Gasteiger partial charge >= 0.3 is 17.9 Å². The van der Waals surface area contributed by atoms with E-state index in [1.165, 1.54) is 96.0 Å². The highest BCUT2D eigenvalue weighted by molar-refractivity contribution is 5.77. The Labute approximate surface area is 794 Å². The van der Waals surface area contributed by atoms with Crippen molar-refractivity contribution in [3.63, 3.8) is 0 Å². The molecular formula is C88H157N5O44. The van der Waals surface area contributed by atoms with Crippen LogP contribution in [-0.4, -0.2) is 447 Å². The minimum Gasteiger partial charge on any atom is -0.477 e. The van der Waals surface area contributed by atoms with E-state index < -0.39 is 333 Å². The lowest BCUT2D eigenvalue weighted by atomic mass is 9.88. The fourth-order valence-corrected chi connectivity index (χ4v) is 18.1. The molecule has 7 rings (SSSR count). The summed E-state index contributed by atoms with van der Waals surface area (Å²) < 4.78 is 83.1. The molecule has 49 nitrogen and oxygen atoms in total. The summed E-state index contributed by atoms with van der Waals surface area (Å²) in [5.74, 6) is -18.6. The van der Waals surface area contributed by atoms with E-state index in [-0.39, 0.29) is 13.0 Å². The van der Waals surface area contributed by atoms with Gasteiger partial charge in [-0.05, 0) is 19.3 Å². The van der Waals surface area contributed by atoms with Crippen LogP contribution >= 0.6 is 0 Å². The van der Waals surface area contributed by atoms with Crippen molar-refractivity contribution in [1.82, 2.24) is 10.6 Å². The zero-order chi connectivity index (χ0) is 101. The van der Waals surface area contributed by atoms with Gasteiger partial charge in [-0.25, -0.2) is 14.4 Å².